The van der Waals surface area contributed by atoms with Crippen LogP contribution in [0, 0.1) is 5.92 Å². The first kappa shape index (κ1) is 16.9. The van der Waals surface area contributed by atoms with Gasteiger partial charge in [-0.05, 0) is 42.3 Å². The Balaban J connectivity index is 1.96. The molecule has 24 heavy (non-hydrogen) atoms. The zero-order valence-electron chi connectivity index (χ0n) is 14.0. The van der Waals surface area contributed by atoms with Gasteiger partial charge in [0, 0.05) is 25.6 Å². The summed E-state index contributed by atoms with van der Waals surface area (Å²) in [7, 11) is 0. The van der Waals surface area contributed by atoms with E-state index < -0.39 is 0 Å². The van der Waals surface area contributed by atoms with Crippen molar-refractivity contribution in [3.63, 3.8) is 0 Å². The standard InChI is InChI=1S/C20H24N2OS/c1-2-21-20(24)22(13-15-8-4-3-5-9-15)19-17(14-23)12-16-10-6-7-11-18(16)19/h3-11,17,19,23H,2,12-14H2,1H3,(H,21,24)/t17-,19+/m1/s1. The Bertz CT molecular complexity index is 689. The maximum atomic E-state index is 9.94. The SMILES string of the molecule is CCNC(=S)N(Cc1ccccc1)[C@@H]1c2ccccc2C[C@@H]1CO. The Labute approximate surface area is 149 Å². The minimum atomic E-state index is 0.109. The molecule has 1 aliphatic rings. The van der Waals surface area contributed by atoms with Crippen molar-refractivity contribution < 1.29 is 5.11 Å². The first-order valence-electron chi connectivity index (χ1n) is 8.51. The van der Waals surface area contributed by atoms with E-state index in [9.17, 15) is 5.11 Å². The van der Waals surface area contributed by atoms with Crippen molar-refractivity contribution in [3.05, 3.63) is 71.3 Å². The minimum absolute atomic E-state index is 0.109. The molecule has 0 heterocycles. The average molecular weight is 340 g/mol. The summed E-state index contributed by atoms with van der Waals surface area (Å²) in [6.45, 7) is 3.75. The Kier molecular flexibility index (Phi) is 5.48. The van der Waals surface area contributed by atoms with E-state index in [4.69, 9.17) is 12.2 Å². The van der Waals surface area contributed by atoms with Crippen LogP contribution in [0.2, 0.25) is 0 Å². The van der Waals surface area contributed by atoms with E-state index in [2.05, 4.69) is 65.7 Å². The first-order valence-corrected chi connectivity index (χ1v) is 8.92. The quantitative estimate of drug-likeness (QED) is 0.819. The van der Waals surface area contributed by atoms with Gasteiger partial charge in [-0.25, -0.2) is 0 Å². The van der Waals surface area contributed by atoms with Gasteiger partial charge in [0.15, 0.2) is 5.11 Å². The fourth-order valence-electron chi connectivity index (χ4n) is 3.57. The second kappa shape index (κ2) is 7.77. The third-order valence-corrected chi connectivity index (χ3v) is 5.04. The van der Waals surface area contributed by atoms with E-state index >= 15 is 0 Å². The van der Waals surface area contributed by atoms with Crippen LogP contribution in [0.25, 0.3) is 0 Å². The third kappa shape index (κ3) is 3.45. The van der Waals surface area contributed by atoms with Crippen LogP contribution >= 0.6 is 12.2 Å². The maximum absolute atomic E-state index is 9.94. The van der Waals surface area contributed by atoms with Gasteiger partial charge in [0.25, 0.3) is 0 Å². The third-order valence-electron chi connectivity index (χ3n) is 4.66. The lowest BCUT2D eigenvalue weighted by Crippen LogP contribution is -2.43. The highest BCUT2D eigenvalue weighted by molar-refractivity contribution is 7.80. The summed E-state index contributed by atoms with van der Waals surface area (Å²) in [5.74, 6) is 0.169. The lowest BCUT2D eigenvalue weighted by Gasteiger charge is -2.35. The van der Waals surface area contributed by atoms with Crippen LogP contribution in [-0.4, -0.2) is 28.3 Å². The van der Waals surface area contributed by atoms with E-state index in [1.54, 1.807) is 0 Å². The van der Waals surface area contributed by atoms with Crippen LogP contribution in [-0.2, 0) is 13.0 Å². The number of rotatable bonds is 5. The van der Waals surface area contributed by atoms with Crippen molar-refractivity contribution in [2.75, 3.05) is 13.2 Å². The van der Waals surface area contributed by atoms with Gasteiger partial charge in [-0.15, -0.1) is 0 Å². The number of nitrogens with one attached hydrogen (secondary N) is 1. The average Bonchev–Trinajstić information content (AvgIpc) is 2.99. The molecule has 0 aromatic heterocycles. The second-order valence-corrected chi connectivity index (χ2v) is 6.63. The number of aliphatic hydroxyl groups is 1. The largest absolute Gasteiger partial charge is 0.396 e. The summed E-state index contributed by atoms with van der Waals surface area (Å²) < 4.78 is 0. The second-order valence-electron chi connectivity index (χ2n) is 6.24. The fraction of sp³-hybridized carbons (Fsp3) is 0.350. The van der Waals surface area contributed by atoms with Crippen LogP contribution in [0.3, 0.4) is 0 Å². The van der Waals surface area contributed by atoms with Gasteiger partial charge >= 0.3 is 0 Å². The van der Waals surface area contributed by atoms with E-state index in [-0.39, 0.29) is 18.6 Å². The van der Waals surface area contributed by atoms with E-state index in [1.165, 1.54) is 16.7 Å². The van der Waals surface area contributed by atoms with Gasteiger partial charge in [0.2, 0.25) is 0 Å². The molecule has 2 N–H and O–H groups in total. The topological polar surface area (TPSA) is 35.5 Å². The van der Waals surface area contributed by atoms with Gasteiger partial charge in [-0.3, -0.25) is 0 Å². The molecule has 0 fully saturated rings. The normalized spacial score (nSPS) is 18.9. The number of fused-ring (bicyclic) bond motifs is 1. The Morgan fingerprint density at radius 3 is 2.58 bits per heavy atom. The molecule has 0 unspecified atom stereocenters. The summed E-state index contributed by atoms with van der Waals surface area (Å²) >= 11 is 5.67. The molecule has 0 aliphatic heterocycles. The molecule has 0 saturated carbocycles. The fourth-order valence-corrected chi connectivity index (χ4v) is 3.90. The van der Waals surface area contributed by atoms with Crippen molar-refractivity contribution in [2.24, 2.45) is 5.92 Å². The van der Waals surface area contributed by atoms with Crippen LogP contribution in [0.5, 0.6) is 0 Å². The maximum Gasteiger partial charge on any atom is 0.169 e. The summed E-state index contributed by atoms with van der Waals surface area (Å²) in [4.78, 5) is 2.24. The highest BCUT2D eigenvalue weighted by Crippen LogP contribution is 2.40. The molecule has 2 atom stereocenters. The monoisotopic (exact) mass is 340 g/mol. The van der Waals surface area contributed by atoms with E-state index in [0.717, 1.165) is 24.6 Å². The number of thiocarbonyl (C=S) groups is 1. The Hall–Kier alpha value is -1.91. The van der Waals surface area contributed by atoms with E-state index in [1.807, 2.05) is 6.07 Å². The molecule has 0 amide bonds. The van der Waals surface area contributed by atoms with Crippen molar-refractivity contribution in [3.8, 4) is 0 Å². The predicted molar refractivity (Wildman–Crippen MR) is 102 cm³/mol. The van der Waals surface area contributed by atoms with Crippen LogP contribution < -0.4 is 5.32 Å². The molecular formula is C20H24N2OS. The molecule has 126 valence electrons. The van der Waals surface area contributed by atoms with Crippen molar-refractivity contribution >= 4 is 17.3 Å². The highest BCUT2D eigenvalue weighted by Gasteiger charge is 2.37. The van der Waals surface area contributed by atoms with Gasteiger partial charge in [0.1, 0.15) is 0 Å². The molecular weight excluding hydrogens is 316 g/mol. The summed E-state index contributed by atoms with van der Waals surface area (Å²) in [6.07, 6.45) is 0.900. The molecule has 2 aromatic rings. The lowest BCUT2D eigenvalue weighted by atomic mass is 9.99. The van der Waals surface area contributed by atoms with Crippen molar-refractivity contribution in [2.45, 2.75) is 25.9 Å². The zero-order valence-corrected chi connectivity index (χ0v) is 14.8. The summed E-state index contributed by atoms with van der Waals surface area (Å²) in [6, 6.07) is 19.0. The Morgan fingerprint density at radius 1 is 1.17 bits per heavy atom. The van der Waals surface area contributed by atoms with Crippen molar-refractivity contribution in [1.29, 1.82) is 0 Å². The molecule has 3 rings (SSSR count). The molecule has 1 aliphatic carbocycles. The van der Waals surface area contributed by atoms with Gasteiger partial charge in [-0.2, -0.15) is 0 Å². The number of benzene rings is 2. The molecule has 0 radical (unpaired) electrons. The van der Waals surface area contributed by atoms with E-state index in [0.29, 0.717) is 0 Å². The summed E-state index contributed by atoms with van der Waals surface area (Å²) in [5.41, 5.74) is 3.82. The van der Waals surface area contributed by atoms with Gasteiger partial charge in [-0.1, -0.05) is 54.6 Å². The first-order chi connectivity index (χ1) is 11.7. The molecule has 0 bridgehead atoms. The Morgan fingerprint density at radius 2 is 1.88 bits per heavy atom. The number of hydrogen-bond acceptors (Lipinski definition) is 2. The van der Waals surface area contributed by atoms with Crippen LogP contribution in [0.15, 0.2) is 54.6 Å². The van der Waals surface area contributed by atoms with Gasteiger partial charge < -0.3 is 15.3 Å². The number of nitrogens with zero attached hydrogens (tertiary/aromatic N) is 1. The minimum Gasteiger partial charge on any atom is -0.396 e. The predicted octanol–water partition coefficient (Wildman–Crippen LogP) is 3.29. The van der Waals surface area contributed by atoms with Gasteiger partial charge in [0.05, 0.1) is 6.04 Å². The molecule has 0 saturated heterocycles. The highest BCUT2D eigenvalue weighted by atomic mass is 32.1. The zero-order chi connectivity index (χ0) is 16.9. The molecule has 3 nitrogen and oxygen atoms in total. The molecule has 0 spiro atoms. The molecule has 2 aromatic carbocycles. The lowest BCUT2D eigenvalue weighted by molar-refractivity contribution is 0.151. The number of aliphatic hydroxyl groups excluding tert-OH is 1. The summed E-state index contributed by atoms with van der Waals surface area (Å²) in [5, 5.41) is 14.0. The number of hydrogen-bond donors (Lipinski definition) is 2. The molecule has 4 heteroatoms. The van der Waals surface area contributed by atoms with Crippen molar-refractivity contribution in [1.82, 2.24) is 10.2 Å². The van der Waals surface area contributed by atoms with Crippen LogP contribution in [0.1, 0.15) is 29.7 Å². The smallest absolute Gasteiger partial charge is 0.169 e. The van der Waals surface area contributed by atoms with Crippen LogP contribution in [0.4, 0.5) is 0 Å².